The summed E-state index contributed by atoms with van der Waals surface area (Å²) in [7, 11) is -3.02. The minimum atomic E-state index is -3.02. The van der Waals surface area contributed by atoms with E-state index in [4.69, 9.17) is 9.47 Å². The lowest BCUT2D eigenvalue weighted by molar-refractivity contribution is -0.126. The van der Waals surface area contributed by atoms with Crippen molar-refractivity contribution < 1.29 is 22.7 Å². The van der Waals surface area contributed by atoms with E-state index in [-0.39, 0.29) is 17.4 Å². The molecule has 0 spiro atoms. The average molecular weight is 416 g/mol. The number of rotatable bonds is 5. The van der Waals surface area contributed by atoms with Crippen LogP contribution < -0.4 is 14.8 Å². The zero-order valence-corrected chi connectivity index (χ0v) is 16.9. The van der Waals surface area contributed by atoms with Crippen LogP contribution in [0.1, 0.15) is 17.2 Å². The first-order valence-corrected chi connectivity index (χ1v) is 11.5. The van der Waals surface area contributed by atoms with Crippen LogP contribution in [0, 0.1) is 0 Å². The Balaban J connectivity index is 1.48. The van der Waals surface area contributed by atoms with Gasteiger partial charge in [0.2, 0.25) is 5.91 Å². The molecule has 1 atom stereocenters. The molecule has 154 valence electrons. The number of benzene rings is 2. The third kappa shape index (κ3) is 4.71. The Morgan fingerprint density at radius 1 is 1.00 bits per heavy atom. The maximum absolute atomic E-state index is 13.1. The summed E-state index contributed by atoms with van der Waals surface area (Å²) >= 11 is 0. The fraction of sp³-hybridized carbons (Fsp3) is 0.381. The van der Waals surface area contributed by atoms with Crippen LogP contribution >= 0.6 is 0 Å². The number of carbonyl (C=O) groups is 1. The molecule has 0 radical (unpaired) electrons. The summed E-state index contributed by atoms with van der Waals surface area (Å²) in [6.07, 6.45) is 0. The highest BCUT2D eigenvalue weighted by molar-refractivity contribution is 7.91. The molecule has 4 rings (SSSR count). The van der Waals surface area contributed by atoms with Gasteiger partial charge < -0.3 is 14.8 Å². The van der Waals surface area contributed by atoms with Crippen molar-refractivity contribution in [2.24, 2.45) is 0 Å². The first kappa shape index (κ1) is 19.7. The van der Waals surface area contributed by atoms with Crippen LogP contribution in [0.2, 0.25) is 0 Å². The van der Waals surface area contributed by atoms with Gasteiger partial charge in [-0.05, 0) is 23.3 Å². The summed E-state index contributed by atoms with van der Waals surface area (Å²) in [6, 6.07) is 14.6. The third-order valence-electron chi connectivity index (χ3n) is 5.18. The van der Waals surface area contributed by atoms with Gasteiger partial charge >= 0.3 is 0 Å². The highest BCUT2D eigenvalue weighted by Gasteiger charge is 2.32. The summed E-state index contributed by atoms with van der Waals surface area (Å²) < 4.78 is 34.7. The molecule has 7 nitrogen and oxygen atoms in total. The lowest BCUT2D eigenvalue weighted by Crippen LogP contribution is -2.47. The average Bonchev–Trinajstić information content (AvgIpc) is 2.74. The predicted octanol–water partition coefficient (Wildman–Crippen LogP) is 1.55. The lowest BCUT2D eigenvalue weighted by atomic mass is 10.0. The summed E-state index contributed by atoms with van der Waals surface area (Å²) in [5.41, 5.74) is 1.77. The van der Waals surface area contributed by atoms with Gasteiger partial charge in [-0.15, -0.1) is 0 Å². The van der Waals surface area contributed by atoms with E-state index in [9.17, 15) is 13.2 Å². The molecule has 2 aliphatic rings. The molecule has 2 heterocycles. The molecular weight excluding hydrogens is 392 g/mol. The second kappa shape index (κ2) is 8.42. The number of sulfone groups is 1. The van der Waals surface area contributed by atoms with E-state index < -0.39 is 15.9 Å². The van der Waals surface area contributed by atoms with E-state index in [2.05, 4.69) is 5.32 Å². The van der Waals surface area contributed by atoms with Crippen LogP contribution in [-0.2, 0) is 21.2 Å². The molecule has 2 aliphatic heterocycles. The standard InChI is InChI=1S/C21H24N2O5S/c24-21(22-15-16-6-7-18-19(14-16)28-11-10-27-18)20(17-4-2-1-3-5-17)23-8-12-29(25,26)13-9-23/h1-7,14,20H,8-13,15H2,(H,22,24). The Bertz CT molecular complexity index is 964. The van der Waals surface area contributed by atoms with E-state index in [1.165, 1.54) is 0 Å². The van der Waals surface area contributed by atoms with E-state index in [1.54, 1.807) is 0 Å². The molecule has 0 aliphatic carbocycles. The van der Waals surface area contributed by atoms with Crippen LogP contribution in [-0.4, -0.2) is 57.0 Å². The Morgan fingerprint density at radius 3 is 2.41 bits per heavy atom. The van der Waals surface area contributed by atoms with Crippen molar-refractivity contribution >= 4 is 15.7 Å². The fourth-order valence-corrected chi connectivity index (χ4v) is 4.86. The van der Waals surface area contributed by atoms with Crippen LogP contribution in [0.15, 0.2) is 48.5 Å². The number of amides is 1. The number of nitrogens with zero attached hydrogens (tertiary/aromatic N) is 1. The number of hydrogen-bond donors (Lipinski definition) is 1. The van der Waals surface area contributed by atoms with E-state index in [0.29, 0.717) is 44.3 Å². The first-order valence-electron chi connectivity index (χ1n) is 9.67. The van der Waals surface area contributed by atoms with Crippen LogP contribution in [0.4, 0.5) is 0 Å². The largest absolute Gasteiger partial charge is 0.486 e. The number of hydrogen-bond acceptors (Lipinski definition) is 6. The molecule has 1 N–H and O–H groups in total. The van der Waals surface area contributed by atoms with Crippen molar-refractivity contribution in [3.8, 4) is 11.5 Å². The fourth-order valence-electron chi connectivity index (χ4n) is 3.63. The minimum Gasteiger partial charge on any atom is -0.486 e. The predicted molar refractivity (Wildman–Crippen MR) is 109 cm³/mol. The molecule has 0 bridgehead atoms. The normalized spacial score (nSPS) is 19.3. The maximum Gasteiger partial charge on any atom is 0.242 e. The third-order valence-corrected chi connectivity index (χ3v) is 6.79. The number of fused-ring (bicyclic) bond motifs is 1. The molecule has 1 unspecified atom stereocenters. The molecule has 1 amide bonds. The Labute approximate surface area is 170 Å². The Hall–Kier alpha value is -2.58. The van der Waals surface area contributed by atoms with Crippen LogP contribution in [0.5, 0.6) is 11.5 Å². The molecule has 0 aromatic heterocycles. The number of nitrogens with one attached hydrogen (secondary N) is 1. The lowest BCUT2D eigenvalue weighted by Gasteiger charge is -2.33. The summed E-state index contributed by atoms with van der Waals surface area (Å²) in [5, 5.41) is 3.00. The molecule has 1 fully saturated rings. The second-order valence-corrected chi connectivity index (χ2v) is 9.50. The summed E-state index contributed by atoms with van der Waals surface area (Å²) in [5.74, 6) is 1.40. The molecule has 2 aromatic rings. The molecule has 1 saturated heterocycles. The van der Waals surface area contributed by atoms with Gasteiger partial charge in [0, 0.05) is 19.6 Å². The van der Waals surface area contributed by atoms with E-state index in [1.807, 2.05) is 53.4 Å². The summed E-state index contributed by atoms with van der Waals surface area (Å²) in [4.78, 5) is 15.0. The van der Waals surface area contributed by atoms with Crippen molar-refractivity contribution in [2.45, 2.75) is 12.6 Å². The number of ether oxygens (including phenoxy) is 2. The van der Waals surface area contributed by atoms with Gasteiger partial charge in [-0.3, -0.25) is 9.69 Å². The zero-order chi connectivity index (χ0) is 20.3. The van der Waals surface area contributed by atoms with E-state index >= 15 is 0 Å². The van der Waals surface area contributed by atoms with Crippen LogP contribution in [0.3, 0.4) is 0 Å². The minimum absolute atomic E-state index is 0.0752. The SMILES string of the molecule is O=C(NCc1ccc2c(c1)OCCO2)C(c1ccccc1)N1CCS(=O)(=O)CC1. The second-order valence-electron chi connectivity index (χ2n) is 7.20. The van der Waals surface area contributed by atoms with Gasteiger partial charge in [-0.1, -0.05) is 36.4 Å². The van der Waals surface area contributed by atoms with Gasteiger partial charge in [0.15, 0.2) is 21.3 Å². The van der Waals surface area contributed by atoms with Crippen molar-refractivity contribution in [3.05, 3.63) is 59.7 Å². The van der Waals surface area contributed by atoms with E-state index in [0.717, 1.165) is 11.1 Å². The molecule has 0 saturated carbocycles. The summed E-state index contributed by atoms with van der Waals surface area (Å²) in [6.45, 7) is 2.09. The smallest absolute Gasteiger partial charge is 0.242 e. The zero-order valence-electron chi connectivity index (χ0n) is 16.0. The van der Waals surface area contributed by atoms with Gasteiger partial charge in [0.1, 0.15) is 19.3 Å². The van der Waals surface area contributed by atoms with Crippen molar-refractivity contribution in [1.82, 2.24) is 10.2 Å². The molecular formula is C21H24N2O5S. The monoisotopic (exact) mass is 416 g/mol. The topological polar surface area (TPSA) is 84.9 Å². The maximum atomic E-state index is 13.1. The highest BCUT2D eigenvalue weighted by atomic mass is 32.2. The number of carbonyl (C=O) groups excluding carboxylic acids is 1. The van der Waals surface area contributed by atoms with Crippen molar-refractivity contribution in [2.75, 3.05) is 37.8 Å². The molecule has 8 heteroatoms. The van der Waals surface area contributed by atoms with Gasteiger partial charge in [0.05, 0.1) is 11.5 Å². The van der Waals surface area contributed by atoms with Gasteiger partial charge in [-0.25, -0.2) is 8.42 Å². The Kier molecular flexibility index (Phi) is 5.73. The quantitative estimate of drug-likeness (QED) is 0.796. The van der Waals surface area contributed by atoms with Crippen LogP contribution in [0.25, 0.3) is 0 Å². The highest BCUT2D eigenvalue weighted by Crippen LogP contribution is 2.31. The van der Waals surface area contributed by atoms with Gasteiger partial charge in [-0.2, -0.15) is 0 Å². The van der Waals surface area contributed by atoms with Gasteiger partial charge in [0.25, 0.3) is 0 Å². The first-order chi connectivity index (χ1) is 14.0. The van der Waals surface area contributed by atoms with Crippen molar-refractivity contribution in [3.63, 3.8) is 0 Å². The van der Waals surface area contributed by atoms with Crippen molar-refractivity contribution in [1.29, 1.82) is 0 Å². The Morgan fingerprint density at radius 2 is 1.69 bits per heavy atom. The molecule has 29 heavy (non-hydrogen) atoms. The molecule has 2 aromatic carbocycles.